The maximum atomic E-state index is 12.0. The van der Waals surface area contributed by atoms with Gasteiger partial charge in [0.15, 0.2) is 0 Å². The summed E-state index contributed by atoms with van der Waals surface area (Å²) in [4.78, 5) is 14.8. The molecule has 0 unspecified atom stereocenters. The second kappa shape index (κ2) is 4.21. The smallest absolute Gasteiger partial charge is 0.256 e. The lowest BCUT2D eigenvalue weighted by Gasteiger charge is -2.11. The Bertz CT molecular complexity index is 600. The molecule has 2 nitrogen and oxygen atoms in total. The second-order valence-corrected chi connectivity index (χ2v) is 4.66. The summed E-state index contributed by atoms with van der Waals surface area (Å²) in [5.41, 5.74) is 6.21. The molecule has 0 fully saturated rings. The van der Waals surface area contributed by atoms with Crippen LogP contribution in [0.5, 0.6) is 0 Å². The number of hydrogen-bond acceptors (Lipinski definition) is 1. The fourth-order valence-corrected chi connectivity index (χ4v) is 2.37. The average Bonchev–Trinajstić information content (AvgIpc) is 2.19. The highest BCUT2D eigenvalue weighted by Crippen LogP contribution is 2.25. The third-order valence-electron chi connectivity index (χ3n) is 3.00. The SMILES string of the molecule is Cc1cc(C)c(-c2ccc(C)[nH]c2=O)c(C)c1. The van der Waals surface area contributed by atoms with Crippen LogP contribution >= 0.6 is 0 Å². The van der Waals surface area contributed by atoms with Gasteiger partial charge in [-0.1, -0.05) is 17.7 Å². The average molecular weight is 227 g/mol. The zero-order valence-corrected chi connectivity index (χ0v) is 10.7. The molecule has 0 aliphatic rings. The second-order valence-electron chi connectivity index (χ2n) is 4.66. The highest BCUT2D eigenvalue weighted by molar-refractivity contribution is 5.70. The predicted molar refractivity (Wildman–Crippen MR) is 71.4 cm³/mol. The van der Waals surface area contributed by atoms with Gasteiger partial charge in [-0.3, -0.25) is 4.79 Å². The van der Waals surface area contributed by atoms with E-state index in [2.05, 4.69) is 37.9 Å². The number of pyridine rings is 1. The fourth-order valence-electron chi connectivity index (χ4n) is 2.37. The third-order valence-corrected chi connectivity index (χ3v) is 3.00. The molecule has 2 aromatic rings. The van der Waals surface area contributed by atoms with Crippen LogP contribution in [-0.4, -0.2) is 4.98 Å². The molecular weight excluding hydrogens is 210 g/mol. The minimum absolute atomic E-state index is 0.0138. The number of aryl methyl sites for hydroxylation is 4. The first kappa shape index (κ1) is 11.6. The van der Waals surface area contributed by atoms with Crippen molar-refractivity contribution in [3.63, 3.8) is 0 Å². The van der Waals surface area contributed by atoms with Crippen LogP contribution in [0.15, 0.2) is 29.1 Å². The number of aromatic nitrogens is 1. The molecular formula is C15H17NO. The Morgan fingerprint density at radius 3 is 2.06 bits per heavy atom. The van der Waals surface area contributed by atoms with Gasteiger partial charge in [-0.15, -0.1) is 0 Å². The maximum absolute atomic E-state index is 12.0. The van der Waals surface area contributed by atoms with Gasteiger partial charge in [-0.2, -0.15) is 0 Å². The van der Waals surface area contributed by atoms with Gasteiger partial charge >= 0.3 is 0 Å². The molecule has 0 saturated carbocycles. The van der Waals surface area contributed by atoms with E-state index >= 15 is 0 Å². The molecule has 17 heavy (non-hydrogen) atoms. The Balaban J connectivity index is 2.73. The molecule has 0 aliphatic carbocycles. The van der Waals surface area contributed by atoms with E-state index < -0.39 is 0 Å². The van der Waals surface area contributed by atoms with E-state index in [9.17, 15) is 4.79 Å². The van der Waals surface area contributed by atoms with Crippen molar-refractivity contribution >= 4 is 0 Å². The zero-order chi connectivity index (χ0) is 12.6. The molecule has 0 bridgehead atoms. The van der Waals surface area contributed by atoms with Gasteiger partial charge in [0.05, 0.1) is 0 Å². The van der Waals surface area contributed by atoms with Gasteiger partial charge in [0.25, 0.3) is 5.56 Å². The lowest BCUT2D eigenvalue weighted by Crippen LogP contribution is -2.11. The van der Waals surface area contributed by atoms with E-state index in [4.69, 9.17) is 0 Å². The first-order valence-corrected chi connectivity index (χ1v) is 5.77. The summed E-state index contributed by atoms with van der Waals surface area (Å²) in [6.07, 6.45) is 0. The lowest BCUT2D eigenvalue weighted by atomic mass is 9.94. The quantitative estimate of drug-likeness (QED) is 0.796. The summed E-state index contributed by atoms with van der Waals surface area (Å²) in [7, 11) is 0. The highest BCUT2D eigenvalue weighted by Gasteiger charge is 2.09. The number of aromatic amines is 1. The predicted octanol–water partition coefficient (Wildman–Crippen LogP) is 3.28. The molecule has 0 atom stereocenters. The minimum atomic E-state index is -0.0138. The van der Waals surface area contributed by atoms with Crippen LogP contribution in [0.3, 0.4) is 0 Å². The van der Waals surface area contributed by atoms with Gasteiger partial charge in [0.2, 0.25) is 0 Å². The van der Waals surface area contributed by atoms with Crippen LogP contribution in [0.2, 0.25) is 0 Å². The van der Waals surface area contributed by atoms with Crippen molar-refractivity contribution in [1.29, 1.82) is 0 Å². The van der Waals surface area contributed by atoms with Crippen molar-refractivity contribution in [1.82, 2.24) is 4.98 Å². The Labute approximate surface area is 101 Å². The fraction of sp³-hybridized carbons (Fsp3) is 0.267. The van der Waals surface area contributed by atoms with Crippen LogP contribution in [0, 0.1) is 27.7 Å². The molecule has 1 N–H and O–H groups in total. The van der Waals surface area contributed by atoms with E-state index in [1.54, 1.807) is 0 Å². The molecule has 1 aromatic heterocycles. The molecule has 2 rings (SSSR count). The monoisotopic (exact) mass is 227 g/mol. The lowest BCUT2D eigenvalue weighted by molar-refractivity contribution is 1.14. The summed E-state index contributed by atoms with van der Waals surface area (Å²) in [6, 6.07) is 8.07. The summed E-state index contributed by atoms with van der Waals surface area (Å²) in [5, 5.41) is 0. The number of benzene rings is 1. The van der Waals surface area contributed by atoms with Crippen LogP contribution < -0.4 is 5.56 Å². The van der Waals surface area contributed by atoms with Gasteiger partial charge < -0.3 is 4.98 Å². The molecule has 2 heteroatoms. The zero-order valence-electron chi connectivity index (χ0n) is 10.7. The maximum Gasteiger partial charge on any atom is 0.256 e. The van der Waals surface area contributed by atoms with Crippen molar-refractivity contribution in [3.8, 4) is 11.1 Å². The number of H-pyrrole nitrogens is 1. The summed E-state index contributed by atoms with van der Waals surface area (Å²) < 4.78 is 0. The Morgan fingerprint density at radius 1 is 0.941 bits per heavy atom. The number of rotatable bonds is 1. The Kier molecular flexibility index (Phi) is 2.88. The molecule has 0 aliphatic heterocycles. The Morgan fingerprint density at radius 2 is 1.53 bits per heavy atom. The minimum Gasteiger partial charge on any atom is -0.326 e. The van der Waals surface area contributed by atoms with Crippen molar-refractivity contribution in [2.24, 2.45) is 0 Å². The summed E-state index contributed by atoms with van der Waals surface area (Å²) in [5.74, 6) is 0. The third kappa shape index (κ3) is 2.16. The number of hydrogen-bond donors (Lipinski definition) is 1. The Hall–Kier alpha value is -1.83. The van der Waals surface area contributed by atoms with Crippen molar-refractivity contribution in [2.45, 2.75) is 27.7 Å². The summed E-state index contributed by atoms with van der Waals surface area (Å²) in [6.45, 7) is 8.06. The van der Waals surface area contributed by atoms with Crippen molar-refractivity contribution < 1.29 is 0 Å². The molecule has 0 spiro atoms. The topological polar surface area (TPSA) is 32.9 Å². The highest BCUT2D eigenvalue weighted by atomic mass is 16.1. The molecule has 1 aromatic carbocycles. The van der Waals surface area contributed by atoms with Gasteiger partial charge in [0, 0.05) is 11.3 Å². The largest absolute Gasteiger partial charge is 0.326 e. The van der Waals surface area contributed by atoms with E-state index in [1.807, 2.05) is 19.1 Å². The first-order valence-electron chi connectivity index (χ1n) is 5.77. The first-order chi connectivity index (χ1) is 7.99. The van der Waals surface area contributed by atoms with Crippen LogP contribution in [0.25, 0.3) is 11.1 Å². The normalized spacial score (nSPS) is 10.6. The molecule has 0 radical (unpaired) electrons. The standard InChI is InChI=1S/C15H17NO/c1-9-7-10(2)14(11(3)8-9)13-6-5-12(4)16-15(13)17/h5-8H,1-4H3,(H,16,17). The van der Waals surface area contributed by atoms with Crippen LogP contribution in [-0.2, 0) is 0 Å². The molecule has 1 heterocycles. The van der Waals surface area contributed by atoms with Gasteiger partial charge in [-0.25, -0.2) is 0 Å². The molecule has 0 saturated heterocycles. The van der Waals surface area contributed by atoms with Crippen molar-refractivity contribution in [3.05, 3.63) is 57.0 Å². The molecule has 88 valence electrons. The van der Waals surface area contributed by atoms with Gasteiger partial charge in [-0.05, 0) is 56.5 Å². The van der Waals surface area contributed by atoms with Crippen LogP contribution in [0.1, 0.15) is 22.4 Å². The van der Waals surface area contributed by atoms with Gasteiger partial charge in [0.1, 0.15) is 0 Å². The summed E-state index contributed by atoms with van der Waals surface area (Å²) >= 11 is 0. The van der Waals surface area contributed by atoms with E-state index in [-0.39, 0.29) is 5.56 Å². The van der Waals surface area contributed by atoms with E-state index in [0.717, 1.165) is 27.9 Å². The molecule has 0 amide bonds. The van der Waals surface area contributed by atoms with E-state index in [0.29, 0.717) is 0 Å². The number of nitrogens with one attached hydrogen (secondary N) is 1. The van der Waals surface area contributed by atoms with E-state index in [1.165, 1.54) is 5.56 Å². The van der Waals surface area contributed by atoms with Crippen LogP contribution in [0.4, 0.5) is 0 Å². The van der Waals surface area contributed by atoms with Crippen molar-refractivity contribution in [2.75, 3.05) is 0 Å².